The van der Waals surface area contributed by atoms with Crippen molar-refractivity contribution in [3.8, 4) is 0 Å². The van der Waals surface area contributed by atoms with Crippen LogP contribution in [0.3, 0.4) is 0 Å². The molecule has 1 unspecified atom stereocenters. The molecule has 0 saturated carbocycles. The molecular formula is C15H21F2NO. The molecule has 0 aliphatic heterocycles. The lowest BCUT2D eigenvalue weighted by Gasteiger charge is -2.25. The number of hydrogen-bond acceptors (Lipinski definition) is 2. The van der Waals surface area contributed by atoms with Crippen molar-refractivity contribution in [3.63, 3.8) is 0 Å². The molecule has 2 nitrogen and oxygen atoms in total. The number of halogens is 2. The topological polar surface area (TPSA) is 20.3 Å². The second-order valence-corrected chi connectivity index (χ2v) is 5.44. The predicted octanol–water partition coefficient (Wildman–Crippen LogP) is 3.51. The van der Waals surface area contributed by atoms with E-state index in [1.54, 1.807) is 0 Å². The molecule has 1 aromatic rings. The summed E-state index contributed by atoms with van der Waals surface area (Å²) in [6.45, 7) is 6.33. The molecule has 0 radical (unpaired) electrons. The maximum atomic E-state index is 13.5. The lowest BCUT2D eigenvalue weighted by Crippen LogP contribution is -2.35. The number of carbonyl (C=O) groups is 1. The van der Waals surface area contributed by atoms with Crippen molar-refractivity contribution in [1.29, 1.82) is 0 Å². The molecule has 106 valence electrons. The van der Waals surface area contributed by atoms with E-state index in [1.165, 1.54) is 0 Å². The third kappa shape index (κ3) is 4.71. The summed E-state index contributed by atoms with van der Waals surface area (Å²) in [6, 6.07) is 3.18. The number of likely N-dealkylation sites (N-methyl/N-ethyl adjacent to an activating group) is 1. The summed E-state index contributed by atoms with van der Waals surface area (Å²) in [7, 11) is 1.82. The molecule has 0 saturated heterocycles. The Morgan fingerprint density at radius 3 is 2.47 bits per heavy atom. The van der Waals surface area contributed by atoms with E-state index in [4.69, 9.17) is 0 Å². The largest absolute Gasteiger partial charge is 0.296 e. The van der Waals surface area contributed by atoms with E-state index in [0.717, 1.165) is 24.6 Å². The number of ketones is 1. The highest BCUT2D eigenvalue weighted by molar-refractivity contribution is 5.97. The van der Waals surface area contributed by atoms with Crippen LogP contribution in [0, 0.1) is 17.6 Å². The van der Waals surface area contributed by atoms with Gasteiger partial charge in [0.15, 0.2) is 5.78 Å². The second-order valence-electron chi connectivity index (χ2n) is 5.44. The Balaban J connectivity index is 2.71. The molecule has 0 amide bonds. The Labute approximate surface area is 113 Å². The fraction of sp³-hybridized carbons (Fsp3) is 0.533. The van der Waals surface area contributed by atoms with Crippen LogP contribution in [0.1, 0.15) is 37.6 Å². The monoisotopic (exact) mass is 269 g/mol. The van der Waals surface area contributed by atoms with Crippen LogP contribution < -0.4 is 0 Å². The predicted molar refractivity (Wildman–Crippen MR) is 72.2 cm³/mol. The molecule has 4 heteroatoms. The van der Waals surface area contributed by atoms with Gasteiger partial charge in [-0.3, -0.25) is 9.69 Å². The zero-order valence-corrected chi connectivity index (χ0v) is 11.9. The van der Waals surface area contributed by atoms with Gasteiger partial charge in [-0.1, -0.05) is 13.8 Å². The smallest absolute Gasteiger partial charge is 0.179 e. The van der Waals surface area contributed by atoms with Crippen LogP contribution in [0.15, 0.2) is 18.2 Å². The number of carbonyl (C=O) groups excluding carboxylic acids is 1. The molecule has 1 aromatic carbocycles. The van der Waals surface area contributed by atoms with Crippen molar-refractivity contribution in [1.82, 2.24) is 4.90 Å². The van der Waals surface area contributed by atoms with E-state index < -0.39 is 17.4 Å². The highest BCUT2D eigenvalue weighted by atomic mass is 19.1. The van der Waals surface area contributed by atoms with Gasteiger partial charge in [0.1, 0.15) is 11.6 Å². The average molecular weight is 269 g/mol. The maximum Gasteiger partial charge on any atom is 0.179 e. The minimum atomic E-state index is -0.670. The van der Waals surface area contributed by atoms with E-state index in [1.807, 2.05) is 18.9 Å². The van der Waals surface area contributed by atoms with Gasteiger partial charge in [-0.15, -0.1) is 0 Å². The van der Waals surface area contributed by atoms with E-state index >= 15 is 0 Å². The van der Waals surface area contributed by atoms with Crippen molar-refractivity contribution in [2.24, 2.45) is 5.92 Å². The minimum absolute atomic E-state index is 0.0915. The Kier molecular flexibility index (Phi) is 5.60. The summed E-state index contributed by atoms with van der Waals surface area (Å²) in [6.07, 6.45) is 0.954. The van der Waals surface area contributed by atoms with E-state index in [-0.39, 0.29) is 18.2 Å². The molecule has 19 heavy (non-hydrogen) atoms. The molecule has 0 spiro atoms. The zero-order chi connectivity index (χ0) is 14.6. The van der Waals surface area contributed by atoms with Crippen molar-refractivity contribution < 1.29 is 13.6 Å². The van der Waals surface area contributed by atoms with Gasteiger partial charge in [-0.2, -0.15) is 0 Å². The van der Waals surface area contributed by atoms with Gasteiger partial charge in [-0.05, 0) is 44.5 Å². The van der Waals surface area contributed by atoms with Crippen LogP contribution in [0.2, 0.25) is 0 Å². The molecule has 0 heterocycles. The summed E-state index contributed by atoms with van der Waals surface area (Å²) in [4.78, 5) is 13.8. The van der Waals surface area contributed by atoms with E-state index in [2.05, 4.69) is 13.8 Å². The molecule has 0 fully saturated rings. The number of Topliss-reactive ketones (excluding diaryl/α,β-unsaturated/α-hetero) is 1. The maximum absolute atomic E-state index is 13.5. The van der Waals surface area contributed by atoms with Crippen molar-refractivity contribution in [2.75, 3.05) is 13.6 Å². The SMILES string of the molecule is CC(C)CC(C)N(C)CC(=O)c1cc(F)ccc1F. The molecule has 0 aliphatic rings. The van der Waals surface area contributed by atoms with Crippen LogP contribution in [0.5, 0.6) is 0 Å². The van der Waals surface area contributed by atoms with Crippen molar-refractivity contribution >= 4 is 5.78 Å². The minimum Gasteiger partial charge on any atom is -0.296 e. The summed E-state index contributed by atoms with van der Waals surface area (Å²) in [5, 5.41) is 0. The highest BCUT2D eigenvalue weighted by Crippen LogP contribution is 2.13. The van der Waals surface area contributed by atoms with E-state index in [0.29, 0.717) is 5.92 Å². The first kappa shape index (κ1) is 15.8. The first-order valence-electron chi connectivity index (χ1n) is 6.49. The van der Waals surface area contributed by atoms with Gasteiger partial charge in [0.05, 0.1) is 12.1 Å². The molecular weight excluding hydrogens is 248 g/mol. The number of nitrogens with zero attached hydrogens (tertiary/aromatic N) is 1. The normalized spacial score (nSPS) is 13.1. The molecule has 0 bridgehead atoms. The number of rotatable bonds is 6. The standard InChI is InChI=1S/C15H21F2NO/c1-10(2)7-11(3)18(4)9-15(19)13-8-12(16)5-6-14(13)17/h5-6,8,10-11H,7,9H2,1-4H3. The summed E-state index contributed by atoms with van der Waals surface area (Å²) in [5.74, 6) is -1.13. The van der Waals surface area contributed by atoms with Crippen LogP contribution in [-0.2, 0) is 0 Å². The Hall–Kier alpha value is -1.29. The van der Waals surface area contributed by atoms with Crippen molar-refractivity contribution in [3.05, 3.63) is 35.4 Å². The first-order chi connectivity index (χ1) is 8.81. The van der Waals surface area contributed by atoms with Crippen LogP contribution >= 0.6 is 0 Å². The Morgan fingerprint density at radius 2 is 1.89 bits per heavy atom. The van der Waals surface area contributed by atoms with Crippen LogP contribution in [0.25, 0.3) is 0 Å². The Morgan fingerprint density at radius 1 is 1.26 bits per heavy atom. The first-order valence-corrected chi connectivity index (χ1v) is 6.49. The van der Waals surface area contributed by atoms with E-state index in [9.17, 15) is 13.6 Å². The number of benzene rings is 1. The molecule has 1 rings (SSSR count). The molecule has 1 atom stereocenters. The molecule has 0 aromatic heterocycles. The van der Waals surface area contributed by atoms with Crippen molar-refractivity contribution in [2.45, 2.75) is 33.2 Å². The van der Waals surface area contributed by atoms with Gasteiger partial charge < -0.3 is 0 Å². The lowest BCUT2D eigenvalue weighted by molar-refractivity contribution is 0.0912. The Bertz CT molecular complexity index is 446. The molecule has 0 aliphatic carbocycles. The molecule has 0 N–H and O–H groups in total. The zero-order valence-electron chi connectivity index (χ0n) is 11.9. The quantitative estimate of drug-likeness (QED) is 0.736. The van der Waals surface area contributed by atoms with Crippen LogP contribution in [-0.4, -0.2) is 30.3 Å². The van der Waals surface area contributed by atoms with Gasteiger partial charge in [0.25, 0.3) is 0 Å². The fourth-order valence-corrected chi connectivity index (χ4v) is 2.04. The second kappa shape index (κ2) is 6.75. The average Bonchev–Trinajstić information content (AvgIpc) is 2.31. The van der Waals surface area contributed by atoms with Gasteiger partial charge in [0, 0.05) is 6.04 Å². The number of hydrogen-bond donors (Lipinski definition) is 0. The van der Waals surface area contributed by atoms with Gasteiger partial charge >= 0.3 is 0 Å². The summed E-state index contributed by atoms with van der Waals surface area (Å²) in [5.41, 5.74) is -0.177. The van der Waals surface area contributed by atoms with Gasteiger partial charge in [-0.25, -0.2) is 8.78 Å². The fourth-order valence-electron chi connectivity index (χ4n) is 2.04. The summed E-state index contributed by atoms with van der Waals surface area (Å²) < 4.78 is 26.5. The highest BCUT2D eigenvalue weighted by Gasteiger charge is 2.18. The third-order valence-corrected chi connectivity index (χ3v) is 3.19. The van der Waals surface area contributed by atoms with Gasteiger partial charge in [0.2, 0.25) is 0 Å². The summed E-state index contributed by atoms with van der Waals surface area (Å²) >= 11 is 0. The third-order valence-electron chi connectivity index (χ3n) is 3.19. The lowest BCUT2D eigenvalue weighted by atomic mass is 10.0. The van der Waals surface area contributed by atoms with Crippen LogP contribution in [0.4, 0.5) is 8.78 Å².